The van der Waals surface area contributed by atoms with Gasteiger partial charge in [0.2, 0.25) is 0 Å². The lowest BCUT2D eigenvalue weighted by molar-refractivity contribution is 0.0923. The van der Waals surface area contributed by atoms with Crippen LogP contribution in [0, 0.1) is 5.92 Å². The van der Waals surface area contributed by atoms with Gasteiger partial charge in [-0.1, -0.05) is 26.0 Å². The lowest BCUT2D eigenvalue weighted by Crippen LogP contribution is -2.32. The molecule has 1 unspecified atom stereocenters. The third-order valence-electron chi connectivity index (χ3n) is 4.08. The number of aromatic amines is 1. The first kappa shape index (κ1) is 17.0. The molecule has 5 nitrogen and oxygen atoms in total. The topological polar surface area (TPSA) is 67.0 Å². The summed E-state index contributed by atoms with van der Waals surface area (Å²) in [6, 6.07) is 14.8. The van der Waals surface area contributed by atoms with E-state index >= 15 is 0 Å². The second-order valence-electron chi connectivity index (χ2n) is 6.29. The van der Waals surface area contributed by atoms with Gasteiger partial charge in [-0.3, -0.25) is 4.79 Å². The van der Waals surface area contributed by atoms with Gasteiger partial charge in [-0.2, -0.15) is 0 Å². The number of benzene rings is 2. The number of amides is 1. The van der Waals surface area contributed by atoms with E-state index in [0.29, 0.717) is 12.2 Å². The smallest absolute Gasteiger partial charge is 0.251 e. The zero-order valence-electron chi connectivity index (χ0n) is 14.7. The molecule has 3 aromatic rings. The number of aromatic nitrogens is 2. The Morgan fingerprint density at radius 2 is 1.88 bits per heavy atom. The van der Waals surface area contributed by atoms with Crippen LogP contribution in [0.3, 0.4) is 0 Å². The van der Waals surface area contributed by atoms with Crippen molar-refractivity contribution < 1.29 is 9.53 Å². The minimum Gasteiger partial charge on any atom is -0.494 e. The number of imidazole rings is 1. The normalized spacial score (nSPS) is 12.3. The van der Waals surface area contributed by atoms with Crippen LogP contribution >= 0.6 is 0 Å². The average molecular weight is 337 g/mol. The van der Waals surface area contributed by atoms with Crippen molar-refractivity contribution in [2.24, 2.45) is 5.92 Å². The first-order valence-electron chi connectivity index (χ1n) is 8.57. The molecule has 25 heavy (non-hydrogen) atoms. The van der Waals surface area contributed by atoms with Crippen molar-refractivity contribution in [2.45, 2.75) is 26.8 Å². The fourth-order valence-electron chi connectivity index (χ4n) is 2.76. The van der Waals surface area contributed by atoms with E-state index < -0.39 is 0 Å². The molecule has 0 spiro atoms. The number of H-pyrrole nitrogens is 1. The third kappa shape index (κ3) is 3.82. The second-order valence-corrected chi connectivity index (χ2v) is 6.29. The zero-order valence-corrected chi connectivity index (χ0v) is 14.7. The van der Waals surface area contributed by atoms with Crippen molar-refractivity contribution in [3.63, 3.8) is 0 Å². The standard InChI is InChI=1S/C20H23N3O2/c1-4-25-15-11-9-14(10-12-15)20(24)23-18(13(2)3)19-21-16-7-5-6-8-17(16)22-19/h5-13,18H,4H2,1-3H3,(H,21,22)(H,23,24). The molecule has 0 aliphatic carbocycles. The highest BCUT2D eigenvalue weighted by Crippen LogP contribution is 2.23. The van der Waals surface area contributed by atoms with Gasteiger partial charge in [0, 0.05) is 5.56 Å². The number of hydrogen-bond donors (Lipinski definition) is 2. The molecule has 1 heterocycles. The Morgan fingerprint density at radius 1 is 1.16 bits per heavy atom. The maximum atomic E-state index is 12.6. The minimum absolute atomic E-state index is 0.123. The molecule has 0 aliphatic rings. The number of fused-ring (bicyclic) bond motifs is 1. The number of carbonyl (C=O) groups is 1. The summed E-state index contributed by atoms with van der Waals surface area (Å²) in [4.78, 5) is 20.6. The largest absolute Gasteiger partial charge is 0.494 e. The molecule has 1 atom stereocenters. The predicted octanol–water partition coefficient (Wildman–Crippen LogP) is 4.09. The Balaban J connectivity index is 1.80. The molecule has 2 N–H and O–H groups in total. The highest BCUT2D eigenvalue weighted by molar-refractivity contribution is 5.94. The fraction of sp³-hybridized carbons (Fsp3) is 0.300. The number of ether oxygens (including phenoxy) is 1. The molecule has 130 valence electrons. The van der Waals surface area contributed by atoms with E-state index in [0.717, 1.165) is 22.6 Å². The second kappa shape index (κ2) is 7.38. The van der Waals surface area contributed by atoms with Crippen LogP contribution in [0.25, 0.3) is 11.0 Å². The summed E-state index contributed by atoms with van der Waals surface area (Å²) < 4.78 is 5.42. The number of nitrogens with zero attached hydrogens (tertiary/aromatic N) is 1. The monoisotopic (exact) mass is 337 g/mol. The van der Waals surface area contributed by atoms with E-state index in [2.05, 4.69) is 29.1 Å². The van der Waals surface area contributed by atoms with Gasteiger partial charge in [0.1, 0.15) is 11.6 Å². The lowest BCUT2D eigenvalue weighted by Gasteiger charge is -2.20. The molecule has 2 aromatic carbocycles. The van der Waals surface area contributed by atoms with Crippen LogP contribution in [0.5, 0.6) is 5.75 Å². The molecule has 5 heteroatoms. The summed E-state index contributed by atoms with van der Waals surface area (Å²) in [7, 11) is 0. The highest BCUT2D eigenvalue weighted by Gasteiger charge is 2.22. The average Bonchev–Trinajstić information content (AvgIpc) is 3.03. The summed E-state index contributed by atoms with van der Waals surface area (Å²) >= 11 is 0. The SMILES string of the molecule is CCOc1ccc(C(=O)NC(c2nc3ccccc3[nH]2)C(C)C)cc1. The predicted molar refractivity (Wildman–Crippen MR) is 98.7 cm³/mol. The van der Waals surface area contributed by atoms with E-state index in [1.807, 2.05) is 43.3 Å². The maximum Gasteiger partial charge on any atom is 0.251 e. The van der Waals surface area contributed by atoms with E-state index in [9.17, 15) is 4.79 Å². The van der Waals surface area contributed by atoms with Gasteiger partial charge in [-0.05, 0) is 49.2 Å². The van der Waals surface area contributed by atoms with Crippen LogP contribution < -0.4 is 10.1 Å². The Kier molecular flexibility index (Phi) is 5.03. The summed E-state index contributed by atoms with van der Waals surface area (Å²) in [5.41, 5.74) is 2.47. The maximum absolute atomic E-state index is 12.6. The van der Waals surface area contributed by atoms with Crippen molar-refractivity contribution in [1.82, 2.24) is 15.3 Å². The number of nitrogens with one attached hydrogen (secondary N) is 2. The Hall–Kier alpha value is -2.82. The van der Waals surface area contributed by atoms with Gasteiger partial charge < -0.3 is 15.0 Å². The molecule has 3 rings (SSSR count). The molecular formula is C20H23N3O2. The van der Waals surface area contributed by atoms with Gasteiger partial charge >= 0.3 is 0 Å². The van der Waals surface area contributed by atoms with Crippen molar-refractivity contribution in [3.05, 3.63) is 59.9 Å². The molecule has 1 aromatic heterocycles. The van der Waals surface area contributed by atoms with Gasteiger partial charge in [0.05, 0.1) is 23.7 Å². The molecule has 0 saturated heterocycles. The van der Waals surface area contributed by atoms with Crippen molar-refractivity contribution in [2.75, 3.05) is 6.61 Å². The first-order valence-corrected chi connectivity index (χ1v) is 8.57. The summed E-state index contributed by atoms with van der Waals surface area (Å²) in [6.45, 7) is 6.67. The Labute approximate surface area is 147 Å². The van der Waals surface area contributed by atoms with Gasteiger partial charge in [-0.15, -0.1) is 0 Å². The Bertz CT molecular complexity index is 820. The molecule has 0 bridgehead atoms. The van der Waals surface area contributed by atoms with Crippen LogP contribution in [-0.4, -0.2) is 22.5 Å². The number of para-hydroxylation sites is 2. The van der Waals surface area contributed by atoms with E-state index in [1.165, 1.54) is 0 Å². The van der Waals surface area contributed by atoms with Crippen molar-refractivity contribution in [3.8, 4) is 5.75 Å². The molecule has 0 fully saturated rings. The van der Waals surface area contributed by atoms with Crippen LogP contribution in [0.1, 0.15) is 43.0 Å². The number of carbonyl (C=O) groups excluding carboxylic acids is 1. The van der Waals surface area contributed by atoms with Gasteiger partial charge in [0.15, 0.2) is 0 Å². The van der Waals surface area contributed by atoms with Crippen LogP contribution in [0.15, 0.2) is 48.5 Å². The molecular weight excluding hydrogens is 314 g/mol. The van der Waals surface area contributed by atoms with Crippen LogP contribution in [-0.2, 0) is 0 Å². The highest BCUT2D eigenvalue weighted by atomic mass is 16.5. The van der Waals surface area contributed by atoms with Crippen LogP contribution in [0.4, 0.5) is 0 Å². The van der Waals surface area contributed by atoms with Crippen molar-refractivity contribution in [1.29, 1.82) is 0 Å². The summed E-state index contributed by atoms with van der Waals surface area (Å²) in [6.07, 6.45) is 0. The summed E-state index contributed by atoms with van der Waals surface area (Å²) in [5, 5.41) is 3.09. The third-order valence-corrected chi connectivity index (χ3v) is 4.08. The van der Waals surface area contributed by atoms with Gasteiger partial charge in [0.25, 0.3) is 5.91 Å². The first-order chi connectivity index (χ1) is 12.1. The number of hydrogen-bond acceptors (Lipinski definition) is 3. The van der Waals surface area contributed by atoms with E-state index in [1.54, 1.807) is 12.1 Å². The lowest BCUT2D eigenvalue weighted by atomic mass is 10.0. The molecule has 0 aliphatic heterocycles. The van der Waals surface area contributed by atoms with Gasteiger partial charge in [-0.25, -0.2) is 4.98 Å². The van der Waals surface area contributed by atoms with Crippen molar-refractivity contribution >= 4 is 16.9 Å². The zero-order chi connectivity index (χ0) is 17.8. The molecule has 1 amide bonds. The minimum atomic E-state index is -0.188. The fourth-order valence-corrected chi connectivity index (χ4v) is 2.76. The quantitative estimate of drug-likeness (QED) is 0.712. The Morgan fingerprint density at radius 3 is 2.52 bits per heavy atom. The summed E-state index contributed by atoms with van der Waals surface area (Å²) in [5.74, 6) is 1.61. The van der Waals surface area contributed by atoms with E-state index in [-0.39, 0.29) is 17.9 Å². The number of rotatable bonds is 6. The molecule has 0 saturated carbocycles. The molecule has 0 radical (unpaired) electrons. The van der Waals surface area contributed by atoms with Crippen LogP contribution in [0.2, 0.25) is 0 Å². The van der Waals surface area contributed by atoms with E-state index in [4.69, 9.17) is 4.74 Å².